The van der Waals surface area contributed by atoms with Gasteiger partial charge in [-0.3, -0.25) is 9.48 Å². The number of anilines is 1. The van der Waals surface area contributed by atoms with E-state index in [-0.39, 0.29) is 22.6 Å². The molecule has 10 nitrogen and oxygen atoms in total. The summed E-state index contributed by atoms with van der Waals surface area (Å²) < 4.78 is 35.6. The third kappa shape index (κ3) is 6.12. The lowest BCUT2D eigenvalue weighted by Gasteiger charge is -2.13. The summed E-state index contributed by atoms with van der Waals surface area (Å²) in [5.74, 6) is 0.258. The SMILES string of the molecule is CCCNC(=O)c1ccc(Oc2cc(-c3c(C)cccc3C)nc(NS(=O)(=O)c3cnn(C)c3)n2)cc1. The van der Waals surface area contributed by atoms with E-state index in [0.717, 1.165) is 23.1 Å². The summed E-state index contributed by atoms with van der Waals surface area (Å²) in [4.78, 5) is 21.0. The zero-order valence-electron chi connectivity index (χ0n) is 21.0. The summed E-state index contributed by atoms with van der Waals surface area (Å²) in [6, 6.07) is 14.1. The number of carbonyl (C=O) groups is 1. The lowest BCUT2D eigenvalue weighted by molar-refractivity contribution is 0.0953. The first-order valence-corrected chi connectivity index (χ1v) is 13.2. The summed E-state index contributed by atoms with van der Waals surface area (Å²) in [6.45, 7) is 6.48. The number of nitrogens with one attached hydrogen (secondary N) is 2. The minimum absolute atomic E-state index is 0.0181. The summed E-state index contributed by atoms with van der Waals surface area (Å²) in [6.07, 6.45) is 3.47. The lowest BCUT2D eigenvalue weighted by Crippen LogP contribution is -2.23. The van der Waals surface area contributed by atoms with Crippen LogP contribution in [0.15, 0.2) is 65.8 Å². The van der Waals surface area contributed by atoms with Crippen molar-refractivity contribution in [1.82, 2.24) is 25.1 Å². The number of aryl methyl sites for hydroxylation is 3. The Morgan fingerprint density at radius 2 is 1.76 bits per heavy atom. The van der Waals surface area contributed by atoms with Crippen LogP contribution in [0.4, 0.5) is 5.95 Å². The summed E-state index contributed by atoms with van der Waals surface area (Å²) >= 11 is 0. The molecule has 0 spiro atoms. The van der Waals surface area contributed by atoms with E-state index in [2.05, 4.69) is 25.1 Å². The van der Waals surface area contributed by atoms with E-state index >= 15 is 0 Å². The topological polar surface area (TPSA) is 128 Å². The Morgan fingerprint density at radius 3 is 2.38 bits per heavy atom. The molecule has 0 aliphatic heterocycles. The molecule has 0 aliphatic rings. The van der Waals surface area contributed by atoms with E-state index in [1.165, 1.54) is 17.1 Å². The van der Waals surface area contributed by atoms with Gasteiger partial charge in [-0.05, 0) is 55.7 Å². The van der Waals surface area contributed by atoms with Crippen LogP contribution >= 0.6 is 0 Å². The van der Waals surface area contributed by atoms with E-state index in [0.29, 0.717) is 23.6 Å². The largest absolute Gasteiger partial charge is 0.439 e. The average Bonchev–Trinajstić information content (AvgIpc) is 3.30. The summed E-state index contributed by atoms with van der Waals surface area (Å²) in [5.41, 5.74) is 3.78. The van der Waals surface area contributed by atoms with Gasteiger partial charge in [-0.15, -0.1) is 0 Å². The van der Waals surface area contributed by atoms with E-state index < -0.39 is 10.0 Å². The fourth-order valence-electron chi connectivity index (χ4n) is 3.72. The van der Waals surface area contributed by atoms with Gasteiger partial charge in [-0.2, -0.15) is 10.1 Å². The number of sulfonamides is 1. The Bertz CT molecular complexity index is 1510. The van der Waals surface area contributed by atoms with Crippen LogP contribution in [0.25, 0.3) is 11.3 Å². The molecule has 1 amide bonds. The van der Waals surface area contributed by atoms with Crippen LogP contribution < -0.4 is 14.8 Å². The molecule has 192 valence electrons. The van der Waals surface area contributed by atoms with Crippen molar-refractivity contribution in [2.45, 2.75) is 32.1 Å². The van der Waals surface area contributed by atoms with Crippen LogP contribution in [-0.4, -0.2) is 40.6 Å². The number of ether oxygens (including phenoxy) is 1. The summed E-state index contributed by atoms with van der Waals surface area (Å²) in [7, 11) is -2.36. The quantitative estimate of drug-likeness (QED) is 0.338. The smallest absolute Gasteiger partial charge is 0.267 e. The van der Waals surface area contributed by atoms with Gasteiger partial charge < -0.3 is 10.1 Å². The second-order valence-electron chi connectivity index (χ2n) is 8.52. The van der Waals surface area contributed by atoms with Gasteiger partial charge in [0.05, 0.1) is 11.9 Å². The Kier molecular flexibility index (Phi) is 7.53. The third-order valence-electron chi connectivity index (χ3n) is 5.53. The van der Waals surface area contributed by atoms with Crippen LogP contribution in [0.3, 0.4) is 0 Å². The van der Waals surface area contributed by atoms with Crippen molar-refractivity contribution in [3.8, 4) is 22.9 Å². The van der Waals surface area contributed by atoms with Crippen LogP contribution in [0.2, 0.25) is 0 Å². The molecule has 2 aromatic heterocycles. The van der Waals surface area contributed by atoms with Crippen molar-refractivity contribution < 1.29 is 17.9 Å². The molecular weight excluding hydrogens is 492 g/mol. The van der Waals surface area contributed by atoms with E-state index in [4.69, 9.17) is 4.74 Å². The van der Waals surface area contributed by atoms with Gasteiger partial charge in [-0.25, -0.2) is 18.1 Å². The monoisotopic (exact) mass is 520 g/mol. The molecule has 2 heterocycles. The number of hydrogen-bond donors (Lipinski definition) is 2. The van der Waals surface area contributed by atoms with Crippen molar-refractivity contribution in [2.24, 2.45) is 7.05 Å². The van der Waals surface area contributed by atoms with E-state index in [1.54, 1.807) is 37.4 Å². The number of hydrogen-bond acceptors (Lipinski definition) is 7. The number of aromatic nitrogens is 4. The molecule has 0 saturated carbocycles. The number of carbonyl (C=O) groups excluding carboxylic acids is 1. The van der Waals surface area contributed by atoms with Crippen molar-refractivity contribution in [1.29, 1.82) is 0 Å². The molecule has 4 aromatic rings. The minimum Gasteiger partial charge on any atom is -0.439 e. The van der Waals surface area contributed by atoms with Crippen LogP contribution in [0.1, 0.15) is 34.8 Å². The highest BCUT2D eigenvalue weighted by molar-refractivity contribution is 7.92. The number of amides is 1. The predicted molar refractivity (Wildman–Crippen MR) is 140 cm³/mol. The molecule has 0 bridgehead atoms. The first kappa shape index (κ1) is 25.8. The molecular formula is C26H28N6O4S. The molecule has 0 radical (unpaired) electrons. The zero-order chi connectivity index (χ0) is 26.6. The molecule has 11 heteroatoms. The Balaban J connectivity index is 1.69. The van der Waals surface area contributed by atoms with E-state index in [9.17, 15) is 13.2 Å². The fraction of sp³-hybridized carbons (Fsp3) is 0.231. The molecule has 0 fully saturated rings. The summed E-state index contributed by atoms with van der Waals surface area (Å²) in [5, 5.41) is 6.75. The first-order valence-electron chi connectivity index (χ1n) is 11.7. The van der Waals surface area contributed by atoms with Gasteiger partial charge in [0.2, 0.25) is 11.8 Å². The Labute approximate surface area is 215 Å². The van der Waals surface area contributed by atoms with E-state index in [1.807, 2.05) is 39.0 Å². The zero-order valence-corrected chi connectivity index (χ0v) is 21.8. The average molecular weight is 521 g/mol. The second-order valence-corrected chi connectivity index (χ2v) is 10.2. The van der Waals surface area contributed by atoms with Crippen molar-refractivity contribution >= 4 is 21.9 Å². The molecule has 0 aliphatic carbocycles. The number of benzene rings is 2. The highest BCUT2D eigenvalue weighted by atomic mass is 32.2. The van der Waals surface area contributed by atoms with Gasteiger partial charge in [0.1, 0.15) is 10.6 Å². The van der Waals surface area contributed by atoms with Gasteiger partial charge in [0.25, 0.3) is 15.9 Å². The minimum atomic E-state index is -3.98. The van der Waals surface area contributed by atoms with Crippen molar-refractivity contribution in [3.63, 3.8) is 0 Å². The van der Waals surface area contributed by atoms with Crippen LogP contribution in [0.5, 0.6) is 11.6 Å². The fourth-order valence-corrected chi connectivity index (χ4v) is 4.65. The van der Waals surface area contributed by atoms with Gasteiger partial charge in [0, 0.05) is 37.0 Å². The maximum absolute atomic E-state index is 12.9. The van der Waals surface area contributed by atoms with Gasteiger partial charge in [0.15, 0.2) is 0 Å². The molecule has 2 N–H and O–H groups in total. The van der Waals surface area contributed by atoms with Gasteiger partial charge in [-0.1, -0.05) is 25.1 Å². The molecule has 37 heavy (non-hydrogen) atoms. The highest BCUT2D eigenvalue weighted by Gasteiger charge is 2.20. The van der Waals surface area contributed by atoms with Crippen LogP contribution in [-0.2, 0) is 17.1 Å². The molecule has 4 rings (SSSR count). The maximum Gasteiger partial charge on any atom is 0.267 e. The lowest BCUT2D eigenvalue weighted by atomic mass is 10.00. The Hall–Kier alpha value is -4.25. The van der Waals surface area contributed by atoms with Crippen molar-refractivity contribution in [2.75, 3.05) is 11.3 Å². The van der Waals surface area contributed by atoms with Gasteiger partial charge >= 0.3 is 0 Å². The number of rotatable bonds is 9. The van der Waals surface area contributed by atoms with Crippen LogP contribution in [0, 0.1) is 13.8 Å². The normalized spacial score (nSPS) is 11.2. The Morgan fingerprint density at radius 1 is 1.05 bits per heavy atom. The molecule has 0 atom stereocenters. The molecule has 0 unspecified atom stereocenters. The maximum atomic E-state index is 12.9. The highest BCUT2D eigenvalue weighted by Crippen LogP contribution is 2.31. The second kappa shape index (κ2) is 10.8. The standard InChI is InChI=1S/C26H28N6O4S/c1-5-13-27-25(33)19-9-11-20(12-10-19)36-23-14-22(24-17(2)7-6-8-18(24)3)29-26(30-23)31-37(34,35)21-15-28-32(4)16-21/h6-12,14-16H,5,13H2,1-4H3,(H,27,33)(H,29,30,31). The number of nitrogens with zero attached hydrogens (tertiary/aromatic N) is 4. The predicted octanol–water partition coefficient (Wildman–Crippen LogP) is 4.23. The first-order chi connectivity index (χ1) is 17.7. The molecule has 0 saturated heterocycles. The third-order valence-corrected chi connectivity index (χ3v) is 6.81. The molecule has 2 aromatic carbocycles. The van der Waals surface area contributed by atoms with Crippen molar-refractivity contribution in [3.05, 3.63) is 77.6 Å².